The van der Waals surface area contributed by atoms with E-state index in [1.807, 2.05) is 0 Å². The number of hydrogen-bond acceptors (Lipinski definition) is 3. The largest absolute Gasteiger partial charge is 0.241 e. The Labute approximate surface area is 112 Å². The summed E-state index contributed by atoms with van der Waals surface area (Å²) in [6, 6.07) is 6.54. The highest BCUT2D eigenvalue weighted by atomic mass is 32.1. The van der Waals surface area contributed by atoms with Crippen molar-refractivity contribution in [2.45, 2.75) is 27.2 Å². The fourth-order valence-corrected chi connectivity index (χ4v) is 3.19. The van der Waals surface area contributed by atoms with Crippen LogP contribution in [0.3, 0.4) is 0 Å². The zero-order chi connectivity index (χ0) is 12.4. The fraction of sp³-hybridized carbons (Fsp3) is 0.357. The maximum atomic E-state index is 4.65. The Bertz CT molecular complexity index is 529. The summed E-state index contributed by atoms with van der Waals surface area (Å²) in [4.78, 5) is 6.01. The molecule has 1 nitrogen and oxygen atoms in total. The summed E-state index contributed by atoms with van der Waals surface area (Å²) < 4.78 is 0. The topological polar surface area (TPSA) is 12.9 Å². The highest BCUT2D eigenvalue weighted by Crippen LogP contribution is 2.29. The molecule has 0 aliphatic carbocycles. The molecule has 0 aliphatic heterocycles. The molecule has 1 aromatic heterocycles. The first-order valence-corrected chi connectivity index (χ1v) is 7.21. The zero-order valence-electron chi connectivity index (χ0n) is 10.4. The summed E-state index contributed by atoms with van der Waals surface area (Å²) >= 11 is 6.08. The second-order valence-corrected chi connectivity index (χ2v) is 5.83. The van der Waals surface area contributed by atoms with Crippen LogP contribution in [-0.2, 0) is 6.42 Å². The molecule has 0 saturated heterocycles. The Morgan fingerprint density at radius 3 is 2.59 bits per heavy atom. The van der Waals surface area contributed by atoms with Gasteiger partial charge in [-0.25, -0.2) is 4.98 Å². The Hall–Kier alpha value is -0.800. The number of rotatable bonds is 3. The van der Waals surface area contributed by atoms with Crippen molar-refractivity contribution < 1.29 is 0 Å². The van der Waals surface area contributed by atoms with Gasteiger partial charge in [0.1, 0.15) is 5.01 Å². The predicted molar refractivity (Wildman–Crippen MR) is 79.3 cm³/mol. The molecule has 0 radical (unpaired) electrons. The van der Waals surface area contributed by atoms with E-state index >= 15 is 0 Å². The summed E-state index contributed by atoms with van der Waals surface area (Å²) in [6.07, 6.45) is 1.01. The van der Waals surface area contributed by atoms with Crippen molar-refractivity contribution in [1.29, 1.82) is 0 Å². The van der Waals surface area contributed by atoms with Gasteiger partial charge >= 0.3 is 0 Å². The number of aryl methyl sites for hydroxylation is 4. The van der Waals surface area contributed by atoms with Crippen LogP contribution < -0.4 is 0 Å². The van der Waals surface area contributed by atoms with Crippen LogP contribution in [-0.4, -0.2) is 10.7 Å². The monoisotopic (exact) mass is 263 g/mol. The van der Waals surface area contributed by atoms with Gasteiger partial charge in [-0.2, -0.15) is 12.6 Å². The molecule has 17 heavy (non-hydrogen) atoms. The summed E-state index contributed by atoms with van der Waals surface area (Å²) in [5.41, 5.74) is 5.03. The van der Waals surface area contributed by atoms with Crippen LogP contribution in [0.25, 0.3) is 10.6 Å². The van der Waals surface area contributed by atoms with Crippen LogP contribution in [0.2, 0.25) is 0 Å². The van der Waals surface area contributed by atoms with E-state index in [2.05, 4.69) is 56.6 Å². The third-order valence-corrected chi connectivity index (χ3v) is 4.48. The standard InChI is InChI=1S/C14H17NS2/c1-9-4-5-12(8-10(9)2)14-15-11(3)13(17-14)6-7-16/h4-5,8,16H,6-7H2,1-3H3. The molecule has 0 saturated carbocycles. The molecular formula is C14H17NS2. The molecule has 0 fully saturated rings. The molecule has 2 rings (SSSR count). The predicted octanol–water partition coefficient (Wildman–Crippen LogP) is 4.21. The summed E-state index contributed by atoms with van der Waals surface area (Å²) in [5, 5.41) is 1.13. The van der Waals surface area contributed by atoms with Crippen LogP contribution in [0.5, 0.6) is 0 Å². The number of thiazole rings is 1. The highest BCUT2D eigenvalue weighted by molar-refractivity contribution is 7.80. The van der Waals surface area contributed by atoms with Gasteiger partial charge in [0.2, 0.25) is 0 Å². The third-order valence-electron chi connectivity index (χ3n) is 2.99. The van der Waals surface area contributed by atoms with E-state index in [1.165, 1.54) is 21.6 Å². The number of thiol groups is 1. The quantitative estimate of drug-likeness (QED) is 0.819. The van der Waals surface area contributed by atoms with Gasteiger partial charge < -0.3 is 0 Å². The van der Waals surface area contributed by atoms with Crippen molar-refractivity contribution in [3.05, 3.63) is 39.9 Å². The van der Waals surface area contributed by atoms with Crippen molar-refractivity contribution in [3.63, 3.8) is 0 Å². The van der Waals surface area contributed by atoms with Gasteiger partial charge in [0.15, 0.2) is 0 Å². The SMILES string of the molecule is Cc1ccc(-c2nc(C)c(CCS)s2)cc1C. The fourth-order valence-electron chi connectivity index (χ4n) is 1.76. The Morgan fingerprint density at radius 2 is 1.94 bits per heavy atom. The van der Waals surface area contributed by atoms with Crippen LogP contribution in [0.15, 0.2) is 18.2 Å². The highest BCUT2D eigenvalue weighted by Gasteiger charge is 2.09. The Balaban J connectivity index is 2.39. The summed E-state index contributed by atoms with van der Waals surface area (Å²) in [5.74, 6) is 0.884. The van der Waals surface area contributed by atoms with Gasteiger partial charge in [-0.05, 0) is 50.1 Å². The summed E-state index contributed by atoms with van der Waals surface area (Å²) in [6.45, 7) is 6.37. The third kappa shape index (κ3) is 2.72. The summed E-state index contributed by atoms with van der Waals surface area (Å²) in [7, 11) is 0. The van der Waals surface area contributed by atoms with E-state index in [0.29, 0.717) is 0 Å². The maximum Gasteiger partial charge on any atom is 0.123 e. The lowest BCUT2D eigenvalue weighted by molar-refractivity contribution is 1.13. The van der Waals surface area contributed by atoms with E-state index in [0.717, 1.165) is 22.9 Å². The number of nitrogens with zero attached hydrogens (tertiary/aromatic N) is 1. The molecule has 0 bridgehead atoms. The maximum absolute atomic E-state index is 4.65. The van der Waals surface area contributed by atoms with E-state index in [9.17, 15) is 0 Å². The molecular weight excluding hydrogens is 246 g/mol. The zero-order valence-corrected chi connectivity index (χ0v) is 12.2. The van der Waals surface area contributed by atoms with Crippen molar-refractivity contribution in [1.82, 2.24) is 4.98 Å². The van der Waals surface area contributed by atoms with Gasteiger partial charge in [-0.3, -0.25) is 0 Å². The van der Waals surface area contributed by atoms with E-state index in [-0.39, 0.29) is 0 Å². The lowest BCUT2D eigenvalue weighted by Crippen LogP contribution is -1.84. The van der Waals surface area contributed by atoms with E-state index in [1.54, 1.807) is 11.3 Å². The van der Waals surface area contributed by atoms with Gasteiger partial charge in [0, 0.05) is 10.4 Å². The molecule has 1 heterocycles. The average Bonchev–Trinajstić information content (AvgIpc) is 2.65. The molecule has 0 spiro atoms. The molecule has 0 aliphatic rings. The normalized spacial score (nSPS) is 10.8. The van der Waals surface area contributed by atoms with Crippen LogP contribution in [0, 0.1) is 20.8 Å². The van der Waals surface area contributed by atoms with Crippen LogP contribution >= 0.6 is 24.0 Å². The number of aromatic nitrogens is 1. The Morgan fingerprint density at radius 1 is 1.18 bits per heavy atom. The van der Waals surface area contributed by atoms with Gasteiger partial charge in [-0.15, -0.1) is 11.3 Å². The number of benzene rings is 1. The van der Waals surface area contributed by atoms with Gasteiger partial charge in [0.05, 0.1) is 5.69 Å². The van der Waals surface area contributed by atoms with E-state index in [4.69, 9.17) is 0 Å². The first kappa shape index (κ1) is 12.7. The van der Waals surface area contributed by atoms with Crippen molar-refractivity contribution >= 4 is 24.0 Å². The molecule has 0 unspecified atom stereocenters. The minimum absolute atomic E-state index is 0.884. The van der Waals surface area contributed by atoms with Crippen molar-refractivity contribution in [2.24, 2.45) is 0 Å². The van der Waals surface area contributed by atoms with E-state index < -0.39 is 0 Å². The van der Waals surface area contributed by atoms with Crippen LogP contribution in [0.4, 0.5) is 0 Å². The lowest BCUT2D eigenvalue weighted by Gasteiger charge is -2.01. The average molecular weight is 263 g/mol. The lowest BCUT2D eigenvalue weighted by atomic mass is 10.1. The minimum atomic E-state index is 0.884. The molecule has 1 aromatic carbocycles. The minimum Gasteiger partial charge on any atom is -0.241 e. The second-order valence-electron chi connectivity index (χ2n) is 4.30. The number of hydrogen-bond donors (Lipinski definition) is 1. The molecule has 0 amide bonds. The first-order valence-electron chi connectivity index (χ1n) is 5.76. The van der Waals surface area contributed by atoms with Gasteiger partial charge in [-0.1, -0.05) is 12.1 Å². The second kappa shape index (κ2) is 5.23. The Kier molecular flexibility index (Phi) is 3.89. The van der Waals surface area contributed by atoms with Crippen LogP contribution in [0.1, 0.15) is 21.7 Å². The molecule has 90 valence electrons. The molecule has 2 aromatic rings. The van der Waals surface area contributed by atoms with Crippen molar-refractivity contribution in [3.8, 4) is 10.6 Å². The smallest absolute Gasteiger partial charge is 0.123 e. The molecule has 0 atom stereocenters. The molecule has 0 N–H and O–H groups in total. The first-order chi connectivity index (χ1) is 8.11. The van der Waals surface area contributed by atoms with Crippen molar-refractivity contribution in [2.75, 3.05) is 5.75 Å². The van der Waals surface area contributed by atoms with Gasteiger partial charge in [0.25, 0.3) is 0 Å². The molecule has 3 heteroatoms.